The predicted octanol–water partition coefficient (Wildman–Crippen LogP) is 2.40. The largest absolute Gasteiger partial charge is 0.506 e. The van der Waals surface area contributed by atoms with Gasteiger partial charge in [-0.1, -0.05) is 12.1 Å². The third-order valence-electron chi connectivity index (χ3n) is 2.48. The lowest BCUT2D eigenvalue weighted by atomic mass is 10.1. The number of rotatable bonds is 2. The van der Waals surface area contributed by atoms with Crippen molar-refractivity contribution in [2.75, 3.05) is 18.5 Å². The van der Waals surface area contributed by atoms with Gasteiger partial charge in [-0.15, -0.1) is 12.4 Å². The van der Waals surface area contributed by atoms with Crippen LogP contribution in [0.5, 0.6) is 5.75 Å². The molecule has 0 amide bonds. The molecule has 0 aliphatic carbocycles. The molecule has 3 nitrogen and oxygen atoms in total. The van der Waals surface area contributed by atoms with Crippen LogP contribution in [0.1, 0.15) is 12.8 Å². The van der Waals surface area contributed by atoms with Gasteiger partial charge in [0.2, 0.25) is 0 Å². The standard InChI is InChI=1S/C11H15NO2.ClH/c13-11-4-2-1-3-10(11)12-9-5-7-14-8-6-9;/h1-4,9,12-13H,5-8H2;1H. The monoisotopic (exact) mass is 229 g/mol. The number of phenols is 1. The summed E-state index contributed by atoms with van der Waals surface area (Å²) in [4.78, 5) is 0. The summed E-state index contributed by atoms with van der Waals surface area (Å²) < 4.78 is 5.27. The summed E-state index contributed by atoms with van der Waals surface area (Å²) in [7, 11) is 0. The zero-order valence-corrected chi connectivity index (χ0v) is 9.30. The number of para-hydroxylation sites is 2. The van der Waals surface area contributed by atoms with Gasteiger partial charge in [0.1, 0.15) is 5.75 Å². The molecule has 84 valence electrons. The van der Waals surface area contributed by atoms with E-state index in [-0.39, 0.29) is 12.4 Å². The van der Waals surface area contributed by atoms with Crippen molar-refractivity contribution in [3.8, 4) is 5.75 Å². The average molecular weight is 230 g/mol. The lowest BCUT2D eigenvalue weighted by Gasteiger charge is -2.24. The van der Waals surface area contributed by atoms with Crippen LogP contribution in [0.2, 0.25) is 0 Å². The molecule has 0 radical (unpaired) electrons. The molecule has 0 saturated carbocycles. The summed E-state index contributed by atoms with van der Waals surface area (Å²) in [6.45, 7) is 1.62. The maximum absolute atomic E-state index is 9.55. The summed E-state index contributed by atoms with van der Waals surface area (Å²) >= 11 is 0. The van der Waals surface area contributed by atoms with Gasteiger partial charge in [-0.2, -0.15) is 0 Å². The highest BCUT2D eigenvalue weighted by Crippen LogP contribution is 2.24. The van der Waals surface area contributed by atoms with Crippen molar-refractivity contribution in [2.24, 2.45) is 0 Å². The Balaban J connectivity index is 0.00000112. The van der Waals surface area contributed by atoms with E-state index in [4.69, 9.17) is 4.74 Å². The van der Waals surface area contributed by atoms with Gasteiger partial charge in [0.15, 0.2) is 0 Å². The second-order valence-corrected chi connectivity index (χ2v) is 3.55. The Bertz CT molecular complexity index is 300. The number of phenolic OH excluding ortho intramolecular Hbond substituents is 1. The van der Waals surface area contributed by atoms with Crippen molar-refractivity contribution in [3.05, 3.63) is 24.3 Å². The maximum atomic E-state index is 9.55. The molecule has 1 saturated heterocycles. The first-order valence-electron chi connectivity index (χ1n) is 4.98. The molecule has 4 heteroatoms. The highest BCUT2D eigenvalue weighted by Gasteiger charge is 2.14. The lowest BCUT2D eigenvalue weighted by Crippen LogP contribution is -2.27. The Morgan fingerprint density at radius 2 is 1.87 bits per heavy atom. The topological polar surface area (TPSA) is 41.5 Å². The summed E-state index contributed by atoms with van der Waals surface area (Å²) in [5.41, 5.74) is 0.819. The van der Waals surface area contributed by atoms with E-state index in [0.717, 1.165) is 31.7 Å². The minimum absolute atomic E-state index is 0. The van der Waals surface area contributed by atoms with Gasteiger partial charge < -0.3 is 15.2 Å². The zero-order valence-electron chi connectivity index (χ0n) is 8.48. The highest BCUT2D eigenvalue weighted by molar-refractivity contribution is 5.85. The summed E-state index contributed by atoms with van der Waals surface area (Å²) in [6, 6.07) is 7.76. The van der Waals surface area contributed by atoms with Crippen molar-refractivity contribution >= 4 is 18.1 Å². The molecule has 0 spiro atoms. The van der Waals surface area contributed by atoms with Gasteiger partial charge in [0.05, 0.1) is 5.69 Å². The molecule has 1 aliphatic rings. The lowest BCUT2D eigenvalue weighted by molar-refractivity contribution is 0.0904. The van der Waals surface area contributed by atoms with Crippen LogP contribution in [0.15, 0.2) is 24.3 Å². The molecule has 2 N–H and O–H groups in total. The van der Waals surface area contributed by atoms with Crippen molar-refractivity contribution in [3.63, 3.8) is 0 Å². The first-order chi connectivity index (χ1) is 6.86. The van der Waals surface area contributed by atoms with Crippen LogP contribution in [-0.2, 0) is 4.74 Å². The summed E-state index contributed by atoms with van der Waals surface area (Å²) in [5.74, 6) is 0.319. The van der Waals surface area contributed by atoms with Crippen LogP contribution >= 0.6 is 12.4 Å². The molecule has 1 aromatic rings. The van der Waals surface area contributed by atoms with Gasteiger partial charge in [-0.05, 0) is 25.0 Å². The number of hydrogen-bond donors (Lipinski definition) is 2. The van der Waals surface area contributed by atoms with Crippen LogP contribution in [0.4, 0.5) is 5.69 Å². The third kappa shape index (κ3) is 3.29. The Morgan fingerprint density at radius 1 is 1.20 bits per heavy atom. The number of aromatic hydroxyl groups is 1. The normalized spacial score (nSPS) is 16.8. The molecular formula is C11H16ClNO2. The first-order valence-corrected chi connectivity index (χ1v) is 4.98. The molecule has 1 aliphatic heterocycles. The van der Waals surface area contributed by atoms with E-state index >= 15 is 0 Å². The molecular weight excluding hydrogens is 214 g/mol. The van der Waals surface area contributed by atoms with E-state index < -0.39 is 0 Å². The van der Waals surface area contributed by atoms with E-state index in [2.05, 4.69) is 5.32 Å². The Kier molecular flexibility index (Phi) is 4.72. The number of hydrogen-bond acceptors (Lipinski definition) is 3. The van der Waals surface area contributed by atoms with E-state index in [9.17, 15) is 5.11 Å². The van der Waals surface area contributed by atoms with E-state index in [1.54, 1.807) is 6.07 Å². The van der Waals surface area contributed by atoms with Crippen LogP contribution in [0.25, 0.3) is 0 Å². The predicted molar refractivity (Wildman–Crippen MR) is 62.8 cm³/mol. The smallest absolute Gasteiger partial charge is 0.138 e. The molecule has 1 fully saturated rings. The SMILES string of the molecule is Cl.Oc1ccccc1NC1CCOCC1. The van der Waals surface area contributed by atoms with Gasteiger partial charge in [-0.25, -0.2) is 0 Å². The van der Waals surface area contributed by atoms with Crippen LogP contribution in [0, 0.1) is 0 Å². The molecule has 0 unspecified atom stereocenters. The van der Waals surface area contributed by atoms with Gasteiger partial charge in [-0.3, -0.25) is 0 Å². The maximum Gasteiger partial charge on any atom is 0.138 e. The number of nitrogens with one attached hydrogen (secondary N) is 1. The molecule has 0 bridgehead atoms. The van der Waals surface area contributed by atoms with Crippen LogP contribution in [0.3, 0.4) is 0 Å². The van der Waals surface area contributed by atoms with Crippen LogP contribution in [-0.4, -0.2) is 24.4 Å². The molecule has 2 rings (SSSR count). The van der Waals surface area contributed by atoms with Crippen molar-refractivity contribution in [1.29, 1.82) is 0 Å². The average Bonchev–Trinajstić information content (AvgIpc) is 2.23. The molecule has 15 heavy (non-hydrogen) atoms. The quantitative estimate of drug-likeness (QED) is 0.766. The second kappa shape index (κ2) is 5.83. The van der Waals surface area contributed by atoms with Crippen molar-refractivity contribution in [2.45, 2.75) is 18.9 Å². The Morgan fingerprint density at radius 3 is 2.53 bits per heavy atom. The fourth-order valence-corrected chi connectivity index (χ4v) is 1.66. The van der Waals surface area contributed by atoms with Crippen molar-refractivity contribution < 1.29 is 9.84 Å². The summed E-state index contributed by atoms with van der Waals surface area (Å²) in [5, 5.41) is 12.9. The van der Waals surface area contributed by atoms with E-state index in [0.29, 0.717) is 11.8 Å². The minimum Gasteiger partial charge on any atom is -0.506 e. The Labute approximate surface area is 95.9 Å². The number of benzene rings is 1. The molecule has 1 aromatic carbocycles. The number of anilines is 1. The van der Waals surface area contributed by atoms with Crippen LogP contribution < -0.4 is 5.32 Å². The first kappa shape index (κ1) is 12.1. The summed E-state index contributed by atoms with van der Waals surface area (Å²) in [6.07, 6.45) is 2.02. The molecule has 1 heterocycles. The van der Waals surface area contributed by atoms with Gasteiger partial charge in [0, 0.05) is 19.3 Å². The fraction of sp³-hybridized carbons (Fsp3) is 0.455. The minimum atomic E-state index is 0. The number of ether oxygens (including phenoxy) is 1. The third-order valence-corrected chi connectivity index (χ3v) is 2.48. The number of halogens is 1. The second-order valence-electron chi connectivity index (χ2n) is 3.55. The van der Waals surface area contributed by atoms with Gasteiger partial charge in [0.25, 0.3) is 0 Å². The van der Waals surface area contributed by atoms with Crippen molar-refractivity contribution in [1.82, 2.24) is 0 Å². The molecule has 0 aromatic heterocycles. The van der Waals surface area contributed by atoms with E-state index in [1.807, 2.05) is 18.2 Å². The highest BCUT2D eigenvalue weighted by atomic mass is 35.5. The Hall–Kier alpha value is -0.930. The van der Waals surface area contributed by atoms with E-state index in [1.165, 1.54) is 0 Å². The fourth-order valence-electron chi connectivity index (χ4n) is 1.66. The molecule has 0 atom stereocenters. The zero-order chi connectivity index (χ0) is 9.80. The van der Waals surface area contributed by atoms with Gasteiger partial charge >= 0.3 is 0 Å².